The Morgan fingerprint density at radius 3 is 2.73 bits per heavy atom. The van der Waals surface area contributed by atoms with E-state index in [4.69, 9.17) is 0 Å². The fourth-order valence-corrected chi connectivity index (χ4v) is 3.27. The van der Waals surface area contributed by atoms with Crippen LogP contribution in [0.3, 0.4) is 0 Å². The van der Waals surface area contributed by atoms with Crippen molar-refractivity contribution in [2.75, 3.05) is 13.1 Å². The molecule has 1 aliphatic heterocycles. The number of aromatic hydroxyl groups is 1. The average molecular weight is 354 g/mol. The molecule has 0 radical (unpaired) electrons. The van der Waals surface area contributed by atoms with E-state index in [9.17, 15) is 19.8 Å². The number of aliphatic hydroxyl groups is 1. The van der Waals surface area contributed by atoms with Gasteiger partial charge in [0.25, 0.3) is 11.8 Å². The Morgan fingerprint density at radius 2 is 2.00 bits per heavy atom. The Balaban J connectivity index is 1.65. The summed E-state index contributed by atoms with van der Waals surface area (Å²) in [6.07, 6.45) is 0.663. The van der Waals surface area contributed by atoms with Crippen molar-refractivity contribution < 1.29 is 19.8 Å². The molecule has 1 atom stereocenters. The Hall–Kier alpha value is -2.86. The van der Waals surface area contributed by atoms with Crippen LogP contribution in [0.1, 0.15) is 38.3 Å². The van der Waals surface area contributed by atoms with E-state index in [2.05, 4.69) is 5.32 Å². The van der Waals surface area contributed by atoms with Crippen molar-refractivity contribution in [2.45, 2.75) is 26.0 Å². The minimum Gasteiger partial charge on any atom is -0.508 e. The lowest BCUT2D eigenvalue weighted by Crippen LogP contribution is -2.38. The standard InChI is InChI=1S/C20H22N2O4/c1-13-8-15(10-17(24)9-13)20(26)22-7-6-16(11-22)21-19(25)18-5-3-2-4-14(18)12-23/h2-5,8-10,16,23-24H,6-7,11-12H2,1H3,(H,21,25)/t16-/m1/s1. The second kappa shape index (κ2) is 7.58. The van der Waals surface area contributed by atoms with Crippen LogP contribution in [0.25, 0.3) is 0 Å². The van der Waals surface area contributed by atoms with E-state index in [-0.39, 0.29) is 30.2 Å². The summed E-state index contributed by atoms with van der Waals surface area (Å²) >= 11 is 0. The summed E-state index contributed by atoms with van der Waals surface area (Å²) in [7, 11) is 0. The molecule has 0 aliphatic carbocycles. The number of aryl methyl sites for hydroxylation is 1. The lowest BCUT2D eigenvalue weighted by atomic mass is 10.1. The van der Waals surface area contributed by atoms with Crippen LogP contribution in [0.5, 0.6) is 5.75 Å². The molecule has 0 bridgehead atoms. The van der Waals surface area contributed by atoms with Gasteiger partial charge in [-0.15, -0.1) is 0 Å². The molecule has 6 heteroatoms. The molecular formula is C20H22N2O4. The Morgan fingerprint density at radius 1 is 1.23 bits per heavy atom. The van der Waals surface area contributed by atoms with Crippen molar-refractivity contribution in [3.8, 4) is 5.75 Å². The molecule has 136 valence electrons. The third-order valence-electron chi connectivity index (χ3n) is 4.55. The number of nitrogens with zero attached hydrogens (tertiary/aromatic N) is 1. The molecule has 3 N–H and O–H groups in total. The van der Waals surface area contributed by atoms with E-state index in [1.54, 1.807) is 41.3 Å². The van der Waals surface area contributed by atoms with Gasteiger partial charge in [0.15, 0.2) is 0 Å². The quantitative estimate of drug-likeness (QED) is 0.781. The summed E-state index contributed by atoms with van der Waals surface area (Å²) < 4.78 is 0. The smallest absolute Gasteiger partial charge is 0.254 e. The molecule has 0 aromatic heterocycles. The maximum absolute atomic E-state index is 12.6. The van der Waals surface area contributed by atoms with Crippen LogP contribution in [0, 0.1) is 6.92 Å². The normalized spacial score (nSPS) is 16.5. The van der Waals surface area contributed by atoms with Crippen molar-refractivity contribution in [3.05, 3.63) is 64.7 Å². The van der Waals surface area contributed by atoms with Crippen LogP contribution >= 0.6 is 0 Å². The van der Waals surface area contributed by atoms with Crippen molar-refractivity contribution in [2.24, 2.45) is 0 Å². The number of aliphatic hydroxyl groups excluding tert-OH is 1. The predicted molar refractivity (Wildman–Crippen MR) is 97.0 cm³/mol. The molecule has 26 heavy (non-hydrogen) atoms. The molecular weight excluding hydrogens is 332 g/mol. The molecule has 1 aliphatic rings. The zero-order valence-corrected chi connectivity index (χ0v) is 14.6. The first-order chi connectivity index (χ1) is 12.5. The highest BCUT2D eigenvalue weighted by Crippen LogP contribution is 2.20. The van der Waals surface area contributed by atoms with E-state index < -0.39 is 0 Å². The first-order valence-electron chi connectivity index (χ1n) is 8.57. The minimum absolute atomic E-state index is 0.0676. The molecule has 6 nitrogen and oxygen atoms in total. The van der Waals surface area contributed by atoms with Gasteiger partial charge in [0.05, 0.1) is 6.61 Å². The predicted octanol–water partition coefficient (Wildman–Crippen LogP) is 1.84. The van der Waals surface area contributed by atoms with Crippen LogP contribution in [0.2, 0.25) is 0 Å². The summed E-state index contributed by atoms with van der Waals surface area (Å²) in [4.78, 5) is 26.8. The lowest BCUT2D eigenvalue weighted by molar-refractivity contribution is 0.0782. The van der Waals surface area contributed by atoms with Gasteiger partial charge in [0, 0.05) is 30.3 Å². The molecule has 2 amide bonds. The summed E-state index contributed by atoms with van der Waals surface area (Å²) in [5, 5.41) is 22.0. The Bertz CT molecular complexity index is 814. The molecule has 1 heterocycles. The number of phenols is 1. The van der Waals surface area contributed by atoms with E-state index in [1.807, 2.05) is 6.92 Å². The van der Waals surface area contributed by atoms with Gasteiger partial charge < -0.3 is 20.4 Å². The summed E-state index contributed by atoms with van der Waals surface area (Å²) in [6.45, 7) is 2.58. The number of likely N-dealkylation sites (tertiary alicyclic amines) is 1. The molecule has 0 unspecified atom stereocenters. The molecule has 1 saturated heterocycles. The van der Waals surface area contributed by atoms with E-state index in [0.717, 1.165) is 5.56 Å². The molecule has 3 rings (SSSR count). The topological polar surface area (TPSA) is 89.9 Å². The van der Waals surface area contributed by atoms with Gasteiger partial charge in [-0.3, -0.25) is 9.59 Å². The number of benzene rings is 2. The van der Waals surface area contributed by atoms with Gasteiger partial charge in [0.2, 0.25) is 0 Å². The molecule has 0 saturated carbocycles. The third kappa shape index (κ3) is 3.86. The zero-order chi connectivity index (χ0) is 18.7. The Labute approximate surface area is 152 Å². The number of rotatable bonds is 4. The van der Waals surface area contributed by atoms with Gasteiger partial charge in [-0.05, 0) is 48.7 Å². The van der Waals surface area contributed by atoms with Gasteiger partial charge in [-0.25, -0.2) is 0 Å². The van der Waals surface area contributed by atoms with Gasteiger partial charge in [-0.2, -0.15) is 0 Å². The highest BCUT2D eigenvalue weighted by molar-refractivity contribution is 5.96. The molecule has 1 fully saturated rings. The van der Waals surface area contributed by atoms with E-state index >= 15 is 0 Å². The molecule has 0 spiro atoms. The third-order valence-corrected chi connectivity index (χ3v) is 4.55. The van der Waals surface area contributed by atoms with E-state index in [1.165, 1.54) is 6.07 Å². The lowest BCUT2D eigenvalue weighted by Gasteiger charge is -2.18. The number of amides is 2. The fraction of sp³-hybridized carbons (Fsp3) is 0.300. The van der Waals surface area contributed by atoms with Crippen molar-refractivity contribution >= 4 is 11.8 Å². The highest BCUT2D eigenvalue weighted by Gasteiger charge is 2.28. The number of carbonyl (C=O) groups is 2. The Kier molecular flexibility index (Phi) is 5.23. The van der Waals surface area contributed by atoms with Crippen molar-refractivity contribution in [1.29, 1.82) is 0 Å². The monoisotopic (exact) mass is 354 g/mol. The summed E-state index contributed by atoms with van der Waals surface area (Å²) in [5.74, 6) is -0.336. The molecule has 2 aromatic rings. The van der Waals surface area contributed by atoms with Crippen molar-refractivity contribution in [3.63, 3.8) is 0 Å². The van der Waals surface area contributed by atoms with Gasteiger partial charge in [0.1, 0.15) is 5.75 Å². The summed E-state index contributed by atoms with van der Waals surface area (Å²) in [5.41, 5.74) is 2.28. The van der Waals surface area contributed by atoms with Crippen LogP contribution in [0.4, 0.5) is 0 Å². The number of hydrogen-bond acceptors (Lipinski definition) is 4. The first kappa shape index (κ1) is 17.9. The average Bonchev–Trinajstić information content (AvgIpc) is 3.08. The number of nitrogens with one attached hydrogen (secondary N) is 1. The maximum atomic E-state index is 12.6. The minimum atomic E-state index is -0.248. The summed E-state index contributed by atoms with van der Waals surface area (Å²) in [6, 6.07) is 11.6. The highest BCUT2D eigenvalue weighted by atomic mass is 16.3. The second-order valence-electron chi connectivity index (χ2n) is 6.58. The van der Waals surface area contributed by atoms with Crippen LogP contribution < -0.4 is 5.32 Å². The largest absolute Gasteiger partial charge is 0.508 e. The number of hydrogen-bond donors (Lipinski definition) is 3. The second-order valence-corrected chi connectivity index (χ2v) is 6.58. The van der Waals surface area contributed by atoms with Crippen molar-refractivity contribution in [1.82, 2.24) is 10.2 Å². The van der Waals surface area contributed by atoms with Crippen LogP contribution in [-0.2, 0) is 6.61 Å². The SMILES string of the molecule is Cc1cc(O)cc(C(=O)N2CC[C@@H](NC(=O)c3ccccc3CO)C2)c1. The molecule has 2 aromatic carbocycles. The zero-order valence-electron chi connectivity index (χ0n) is 14.6. The van der Waals surface area contributed by atoms with Gasteiger partial charge in [-0.1, -0.05) is 18.2 Å². The van der Waals surface area contributed by atoms with Crippen LogP contribution in [0.15, 0.2) is 42.5 Å². The fourth-order valence-electron chi connectivity index (χ4n) is 3.27. The first-order valence-corrected chi connectivity index (χ1v) is 8.57. The van der Waals surface area contributed by atoms with E-state index in [0.29, 0.717) is 36.2 Å². The maximum Gasteiger partial charge on any atom is 0.254 e. The number of carbonyl (C=O) groups excluding carboxylic acids is 2. The van der Waals surface area contributed by atoms with Crippen LogP contribution in [-0.4, -0.2) is 46.1 Å². The number of phenolic OH excluding ortho intramolecular Hbond substituents is 1. The van der Waals surface area contributed by atoms with Gasteiger partial charge >= 0.3 is 0 Å².